The highest BCUT2D eigenvalue weighted by Gasteiger charge is 2.16. The molecule has 24 heavy (non-hydrogen) atoms. The standard InChI is InChI=1S/C18H14N4O2/c1-24-16-7-6-11(10-15(16)23)17-18(21-22-20-17)13-8-9-19-14-5-3-2-4-12(13)14/h2-10,23H,1H3,(H,20,21,22). The van der Waals surface area contributed by atoms with E-state index in [-0.39, 0.29) is 5.75 Å². The van der Waals surface area contributed by atoms with E-state index < -0.39 is 0 Å². The average Bonchev–Trinajstić information content (AvgIpc) is 3.10. The molecule has 6 nitrogen and oxygen atoms in total. The molecule has 0 spiro atoms. The van der Waals surface area contributed by atoms with Crippen molar-refractivity contribution in [3.63, 3.8) is 0 Å². The van der Waals surface area contributed by atoms with Crippen LogP contribution in [0.15, 0.2) is 54.7 Å². The van der Waals surface area contributed by atoms with E-state index in [1.807, 2.05) is 36.4 Å². The number of phenolic OH excluding ortho intramolecular Hbond substituents is 1. The molecule has 6 heteroatoms. The van der Waals surface area contributed by atoms with E-state index in [9.17, 15) is 5.11 Å². The van der Waals surface area contributed by atoms with Gasteiger partial charge in [0.05, 0.1) is 12.6 Å². The minimum atomic E-state index is 0.0588. The summed E-state index contributed by atoms with van der Waals surface area (Å²) in [5, 5.41) is 22.3. The summed E-state index contributed by atoms with van der Waals surface area (Å²) in [7, 11) is 1.51. The zero-order valence-corrected chi connectivity index (χ0v) is 12.9. The fourth-order valence-corrected chi connectivity index (χ4v) is 2.76. The molecule has 0 saturated heterocycles. The highest BCUT2D eigenvalue weighted by Crippen LogP contribution is 2.36. The van der Waals surface area contributed by atoms with Crippen LogP contribution >= 0.6 is 0 Å². The summed E-state index contributed by atoms with van der Waals surface area (Å²) < 4.78 is 5.09. The van der Waals surface area contributed by atoms with Gasteiger partial charge in [-0.05, 0) is 30.3 Å². The summed E-state index contributed by atoms with van der Waals surface area (Å²) in [5.74, 6) is 0.474. The second kappa shape index (κ2) is 5.66. The van der Waals surface area contributed by atoms with Gasteiger partial charge in [-0.15, -0.1) is 0 Å². The number of aromatic nitrogens is 4. The van der Waals surface area contributed by atoms with E-state index in [1.54, 1.807) is 18.3 Å². The van der Waals surface area contributed by atoms with Crippen LogP contribution in [0.4, 0.5) is 0 Å². The van der Waals surface area contributed by atoms with Crippen molar-refractivity contribution < 1.29 is 9.84 Å². The summed E-state index contributed by atoms with van der Waals surface area (Å²) in [6.07, 6.45) is 1.75. The predicted octanol–water partition coefficient (Wildman–Crippen LogP) is 3.40. The van der Waals surface area contributed by atoms with Gasteiger partial charge in [0.1, 0.15) is 11.4 Å². The Morgan fingerprint density at radius 1 is 1.00 bits per heavy atom. The monoisotopic (exact) mass is 318 g/mol. The molecular weight excluding hydrogens is 304 g/mol. The number of pyridine rings is 1. The first-order valence-electron chi connectivity index (χ1n) is 7.40. The molecule has 0 aliphatic heterocycles. The Labute approximate surface area is 137 Å². The van der Waals surface area contributed by atoms with E-state index in [0.717, 1.165) is 22.0 Å². The topological polar surface area (TPSA) is 83.9 Å². The first-order chi connectivity index (χ1) is 11.8. The maximum atomic E-state index is 10.0. The molecule has 0 aliphatic carbocycles. The molecule has 2 aromatic carbocycles. The lowest BCUT2D eigenvalue weighted by atomic mass is 10.0. The second-order valence-electron chi connectivity index (χ2n) is 5.28. The molecule has 0 amide bonds. The van der Waals surface area contributed by atoms with Crippen molar-refractivity contribution in [1.29, 1.82) is 0 Å². The highest BCUT2D eigenvalue weighted by molar-refractivity contribution is 5.96. The fourth-order valence-electron chi connectivity index (χ4n) is 2.76. The van der Waals surface area contributed by atoms with E-state index in [2.05, 4.69) is 20.4 Å². The van der Waals surface area contributed by atoms with Gasteiger partial charge in [0.2, 0.25) is 0 Å². The van der Waals surface area contributed by atoms with Crippen molar-refractivity contribution in [2.75, 3.05) is 7.11 Å². The van der Waals surface area contributed by atoms with Gasteiger partial charge in [0.15, 0.2) is 11.5 Å². The van der Waals surface area contributed by atoms with Gasteiger partial charge in [0, 0.05) is 22.7 Å². The van der Waals surface area contributed by atoms with Crippen molar-refractivity contribution in [2.24, 2.45) is 0 Å². The number of rotatable bonds is 3. The number of benzene rings is 2. The third-order valence-corrected chi connectivity index (χ3v) is 3.90. The van der Waals surface area contributed by atoms with Gasteiger partial charge in [-0.25, -0.2) is 0 Å². The third-order valence-electron chi connectivity index (χ3n) is 3.90. The number of hydrogen-bond donors (Lipinski definition) is 2. The van der Waals surface area contributed by atoms with Crippen molar-refractivity contribution in [2.45, 2.75) is 0 Å². The van der Waals surface area contributed by atoms with Gasteiger partial charge in [-0.1, -0.05) is 18.2 Å². The Morgan fingerprint density at radius 3 is 2.67 bits per heavy atom. The molecule has 0 radical (unpaired) electrons. The van der Waals surface area contributed by atoms with Crippen molar-refractivity contribution in [1.82, 2.24) is 20.4 Å². The van der Waals surface area contributed by atoms with E-state index in [0.29, 0.717) is 17.1 Å². The number of aromatic amines is 1. The van der Waals surface area contributed by atoms with E-state index in [1.165, 1.54) is 7.11 Å². The Balaban J connectivity index is 1.90. The number of nitrogens with one attached hydrogen (secondary N) is 1. The zero-order chi connectivity index (χ0) is 16.5. The molecule has 2 aromatic heterocycles. The number of H-pyrrole nitrogens is 1. The summed E-state index contributed by atoms with van der Waals surface area (Å²) in [5.41, 5.74) is 3.93. The minimum absolute atomic E-state index is 0.0588. The van der Waals surface area contributed by atoms with Crippen LogP contribution in [0.2, 0.25) is 0 Å². The maximum absolute atomic E-state index is 10.0. The quantitative estimate of drug-likeness (QED) is 0.605. The lowest BCUT2D eigenvalue weighted by molar-refractivity contribution is 0.373. The number of fused-ring (bicyclic) bond motifs is 1. The van der Waals surface area contributed by atoms with Gasteiger partial charge >= 0.3 is 0 Å². The van der Waals surface area contributed by atoms with E-state index >= 15 is 0 Å². The van der Waals surface area contributed by atoms with Crippen LogP contribution in [0.5, 0.6) is 11.5 Å². The van der Waals surface area contributed by atoms with Crippen molar-refractivity contribution in [3.8, 4) is 34.0 Å². The van der Waals surface area contributed by atoms with Gasteiger partial charge in [-0.2, -0.15) is 15.4 Å². The molecular formula is C18H14N4O2. The maximum Gasteiger partial charge on any atom is 0.160 e. The second-order valence-corrected chi connectivity index (χ2v) is 5.28. The van der Waals surface area contributed by atoms with Crippen LogP contribution in [0.3, 0.4) is 0 Å². The number of hydrogen-bond acceptors (Lipinski definition) is 5. The molecule has 0 fully saturated rings. The number of methoxy groups -OCH3 is 1. The number of phenols is 1. The van der Waals surface area contributed by atoms with Crippen LogP contribution in [-0.2, 0) is 0 Å². The lowest BCUT2D eigenvalue weighted by Crippen LogP contribution is -1.89. The van der Waals surface area contributed by atoms with Gasteiger partial charge in [-0.3, -0.25) is 4.98 Å². The summed E-state index contributed by atoms with van der Waals surface area (Å²) in [6.45, 7) is 0. The summed E-state index contributed by atoms with van der Waals surface area (Å²) >= 11 is 0. The Kier molecular flexibility index (Phi) is 3.35. The van der Waals surface area contributed by atoms with Crippen molar-refractivity contribution >= 4 is 10.9 Å². The lowest BCUT2D eigenvalue weighted by Gasteiger charge is -2.07. The molecule has 0 saturated carbocycles. The molecule has 0 atom stereocenters. The molecule has 2 N–H and O–H groups in total. The Morgan fingerprint density at radius 2 is 1.83 bits per heavy atom. The smallest absolute Gasteiger partial charge is 0.160 e. The summed E-state index contributed by atoms with van der Waals surface area (Å²) in [6, 6.07) is 14.9. The number of ether oxygens (including phenoxy) is 1. The van der Waals surface area contributed by atoms with E-state index in [4.69, 9.17) is 4.74 Å². The fraction of sp³-hybridized carbons (Fsp3) is 0.0556. The van der Waals surface area contributed by atoms with Crippen LogP contribution in [0, 0.1) is 0 Å². The van der Waals surface area contributed by atoms with Crippen LogP contribution in [-0.4, -0.2) is 32.6 Å². The van der Waals surface area contributed by atoms with Crippen LogP contribution in [0.25, 0.3) is 33.4 Å². The first kappa shape index (κ1) is 14.2. The molecule has 4 aromatic rings. The molecule has 2 heterocycles. The minimum Gasteiger partial charge on any atom is -0.504 e. The largest absolute Gasteiger partial charge is 0.504 e. The Hall–Kier alpha value is -3.41. The number of nitrogens with zero attached hydrogens (tertiary/aromatic N) is 3. The first-order valence-corrected chi connectivity index (χ1v) is 7.40. The average molecular weight is 318 g/mol. The van der Waals surface area contributed by atoms with Crippen LogP contribution in [0.1, 0.15) is 0 Å². The normalized spacial score (nSPS) is 10.9. The number of aromatic hydroxyl groups is 1. The van der Waals surface area contributed by atoms with Crippen LogP contribution < -0.4 is 4.74 Å². The zero-order valence-electron chi connectivity index (χ0n) is 12.9. The highest BCUT2D eigenvalue weighted by atomic mass is 16.5. The Bertz CT molecular complexity index is 1020. The third kappa shape index (κ3) is 2.25. The summed E-state index contributed by atoms with van der Waals surface area (Å²) in [4.78, 5) is 4.38. The van der Waals surface area contributed by atoms with Crippen molar-refractivity contribution in [3.05, 3.63) is 54.7 Å². The molecule has 0 bridgehead atoms. The van der Waals surface area contributed by atoms with Gasteiger partial charge in [0.25, 0.3) is 0 Å². The SMILES string of the molecule is COc1ccc(-c2n[nH]nc2-c2ccnc3ccccc23)cc1O. The molecule has 0 unspecified atom stereocenters. The predicted molar refractivity (Wildman–Crippen MR) is 90.8 cm³/mol. The molecule has 0 aliphatic rings. The molecule has 4 rings (SSSR count). The van der Waals surface area contributed by atoms with Gasteiger partial charge < -0.3 is 9.84 Å². The molecule has 118 valence electrons. The number of para-hydroxylation sites is 1.